The first-order chi connectivity index (χ1) is 7.85. The fraction of sp³-hybridized carbons (Fsp3) is 0.417. The molecular formula is C12H14N2OS. The molecule has 0 aromatic heterocycles. The zero-order valence-corrected chi connectivity index (χ0v) is 10.0. The standard InChI is InChI=1S/C12H14N2OS/c1-16-12-4-2-3-11(10(12)7-13)15-9-5-6-14-8-9/h2-4,9,14H,5-6,8H2,1H3. The minimum atomic E-state index is 0.198. The van der Waals surface area contributed by atoms with Crippen molar-refractivity contribution in [2.45, 2.75) is 17.4 Å². The van der Waals surface area contributed by atoms with E-state index in [2.05, 4.69) is 11.4 Å². The van der Waals surface area contributed by atoms with Crippen molar-refractivity contribution in [2.24, 2.45) is 0 Å². The van der Waals surface area contributed by atoms with E-state index < -0.39 is 0 Å². The summed E-state index contributed by atoms with van der Waals surface area (Å²) in [4.78, 5) is 0.978. The quantitative estimate of drug-likeness (QED) is 0.813. The first-order valence-corrected chi connectivity index (χ1v) is 6.52. The molecule has 0 bridgehead atoms. The Labute approximate surface area is 99.8 Å². The van der Waals surface area contributed by atoms with Gasteiger partial charge in [-0.05, 0) is 31.4 Å². The largest absolute Gasteiger partial charge is 0.488 e. The van der Waals surface area contributed by atoms with Gasteiger partial charge in [0.05, 0.1) is 0 Å². The summed E-state index contributed by atoms with van der Waals surface area (Å²) >= 11 is 1.57. The van der Waals surface area contributed by atoms with Gasteiger partial charge in [0.2, 0.25) is 0 Å². The fourth-order valence-electron chi connectivity index (χ4n) is 1.80. The molecule has 0 aliphatic carbocycles. The normalized spacial score (nSPS) is 19.4. The Morgan fingerprint density at radius 2 is 2.44 bits per heavy atom. The summed E-state index contributed by atoms with van der Waals surface area (Å²) in [6.07, 6.45) is 3.18. The third-order valence-corrected chi connectivity index (χ3v) is 3.41. The van der Waals surface area contributed by atoms with E-state index in [4.69, 9.17) is 10.00 Å². The molecule has 0 saturated carbocycles. The molecule has 1 atom stereocenters. The lowest BCUT2D eigenvalue weighted by atomic mass is 10.2. The van der Waals surface area contributed by atoms with E-state index >= 15 is 0 Å². The maximum atomic E-state index is 9.15. The number of nitrogens with zero attached hydrogens (tertiary/aromatic N) is 1. The molecule has 84 valence electrons. The summed E-state index contributed by atoms with van der Waals surface area (Å²) in [5, 5.41) is 12.4. The Morgan fingerprint density at radius 1 is 1.56 bits per heavy atom. The minimum Gasteiger partial charge on any atom is -0.488 e. The lowest BCUT2D eigenvalue weighted by Gasteiger charge is -2.14. The van der Waals surface area contributed by atoms with Crippen LogP contribution in [0.25, 0.3) is 0 Å². The van der Waals surface area contributed by atoms with Crippen LogP contribution in [0.4, 0.5) is 0 Å². The Hall–Kier alpha value is -1.18. The molecule has 0 spiro atoms. The van der Waals surface area contributed by atoms with Crippen LogP contribution in [0.1, 0.15) is 12.0 Å². The highest BCUT2D eigenvalue weighted by Gasteiger charge is 2.18. The van der Waals surface area contributed by atoms with Crippen LogP contribution in [0, 0.1) is 11.3 Å². The molecule has 1 N–H and O–H groups in total. The molecule has 2 rings (SSSR count). The molecule has 1 saturated heterocycles. The highest BCUT2D eigenvalue weighted by Crippen LogP contribution is 2.29. The van der Waals surface area contributed by atoms with E-state index in [0.717, 1.165) is 24.4 Å². The molecule has 3 nitrogen and oxygen atoms in total. The predicted molar refractivity (Wildman–Crippen MR) is 64.8 cm³/mol. The van der Waals surface area contributed by atoms with Crippen molar-refractivity contribution in [1.29, 1.82) is 5.26 Å². The van der Waals surface area contributed by atoms with Gasteiger partial charge in [0, 0.05) is 11.4 Å². The molecule has 1 heterocycles. The van der Waals surface area contributed by atoms with Crippen LogP contribution in [0.15, 0.2) is 23.1 Å². The average Bonchev–Trinajstić information content (AvgIpc) is 2.81. The number of hydrogen-bond donors (Lipinski definition) is 1. The average molecular weight is 234 g/mol. The van der Waals surface area contributed by atoms with Crippen molar-refractivity contribution in [2.75, 3.05) is 19.3 Å². The van der Waals surface area contributed by atoms with Crippen LogP contribution in [0.2, 0.25) is 0 Å². The lowest BCUT2D eigenvalue weighted by molar-refractivity contribution is 0.222. The molecule has 1 aliphatic heterocycles. The molecule has 1 aromatic rings. The van der Waals surface area contributed by atoms with Gasteiger partial charge in [-0.3, -0.25) is 0 Å². The second kappa shape index (κ2) is 5.24. The molecule has 4 heteroatoms. The third kappa shape index (κ3) is 2.31. The number of rotatable bonds is 3. The molecular weight excluding hydrogens is 220 g/mol. The molecule has 16 heavy (non-hydrogen) atoms. The summed E-state index contributed by atoms with van der Waals surface area (Å²) in [6, 6.07) is 7.98. The first-order valence-electron chi connectivity index (χ1n) is 5.29. The summed E-state index contributed by atoms with van der Waals surface area (Å²) in [6.45, 7) is 1.86. The Kier molecular flexibility index (Phi) is 3.70. The first kappa shape index (κ1) is 11.3. The summed E-state index contributed by atoms with van der Waals surface area (Å²) in [5.41, 5.74) is 0.655. The topological polar surface area (TPSA) is 45.0 Å². The van der Waals surface area contributed by atoms with Gasteiger partial charge >= 0.3 is 0 Å². The molecule has 1 unspecified atom stereocenters. The van der Waals surface area contributed by atoms with Crippen molar-refractivity contribution < 1.29 is 4.74 Å². The van der Waals surface area contributed by atoms with Gasteiger partial charge < -0.3 is 10.1 Å². The molecule has 1 fully saturated rings. The van der Waals surface area contributed by atoms with Crippen molar-refractivity contribution in [3.63, 3.8) is 0 Å². The SMILES string of the molecule is CSc1cccc(OC2CCNC2)c1C#N. The van der Waals surface area contributed by atoms with Crippen LogP contribution in [0.5, 0.6) is 5.75 Å². The van der Waals surface area contributed by atoms with Crippen molar-refractivity contribution >= 4 is 11.8 Å². The second-order valence-electron chi connectivity index (χ2n) is 3.68. The maximum Gasteiger partial charge on any atom is 0.138 e. The van der Waals surface area contributed by atoms with Gasteiger partial charge in [-0.15, -0.1) is 11.8 Å². The van der Waals surface area contributed by atoms with Crippen molar-refractivity contribution in [1.82, 2.24) is 5.32 Å². The van der Waals surface area contributed by atoms with E-state index in [1.54, 1.807) is 11.8 Å². The number of thioether (sulfide) groups is 1. The van der Waals surface area contributed by atoms with E-state index in [9.17, 15) is 0 Å². The Morgan fingerprint density at radius 3 is 3.06 bits per heavy atom. The monoisotopic (exact) mass is 234 g/mol. The smallest absolute Gasteiger partial charge is 0.138 e. The third-order valence-electron chi connectivity index (χ3n) is 2.63. The van der Waals surface area contributed by atoms with Crippen LogP contribution >= 0.6 is 11.8 Å². The van der Waals surface area contributed by atoms with Gasteiger partial charge in [0.1, 0.15) is 23.5 Å². The van der Waals surface area contributed by atoms with Gasteiger partial charge in [-0.2, -0.15) is 5.26 Å². The van der Waals surface area contributed by atoms with Crippen molar-refractivity contribution in [3.05, 3.63) is 23.8 Å². The van der Waals surface area contributed by atoms with E-state index in [-0.39, 0.29) is 6.10 Å². The van der Waals surface area contributed by atoms with Gasteiger partial charge in [0.15, 0.2) is 0 Å². The molecule has 1 aliphatic rings. The Balaban J connectivity index is 2.22. The van der Waals surface area contributed by atoms with Crippen LogP contribution < -0.4 is 10.1 Å². The predicted octanol–water partition coefficient (Wildman–Crippen LogP) is 2.02. The van der Waals surface area contributed by atoms with E-state index in [1.807, 2.05) is 24.5 Å². The fourth-order valence-corrected chi connectivity index (χ4v) is 2.36. The number of benzene rings is 1. The van der Waals surface area contributed by atoms with Crippen LogP contribution in [-0.2, 0) is 0 Å². The zero-order chi connectivity index (χ0) is 11.4. The summed E-state index contributed by atoms with van der Waals surface area (Å²) in [5.74, 6) is 0.711. The lowest BCUT2D eigenvalue weighted by Crippen LogP contribution is -2.20. The van der Waals surface area contributed by atoms with E-state index in [0.29, 0.717) is 11.3 Å². The summed E-state index contributed by atoms with van der Waals surface area (Å²) < 4.78 is 5.84. The molecule has 0 radical (unpaired) electrons. The molecule has 1 aromatic carbocycles. The number of nitriles is 1. The highest BCUT2D eigenvalue weighted by molar-refractivity contribution is 7.98. The highest BCUT2D eigenvalue weighted by atomic mass is 32.2. The number of ether oxygens (including phenoxy) is 1. The van der Waals surface area contributed by atoms with Crippen LogP contribution in [-0.4, -0.2) is 25.4 Å². The van der Waals surface area contributed by atoms with Gasteiger partial charge in [-0.1, -0.05) is 6.07 Å². The van der Waals surface area contributed by atoms with E-state index in [1.165, 1.54) is 0 Å². The summed E-state index contributed by atoms with van der Waals surface area (Å²) in [7, 11) is 0. The zero-order valence-electron chi connectivity index (χ0n) is 9.19. The van der Waals surface area contributed by atoms with Crippen LogP contribution in [0.3, 0.4) is 0 Å². The number of hydrogen-bond acceptors (Lipinski definition) is 4. The van der Waals surface area contributed by atoms with Gasteiger partial charge in [-0.25, -0.2) is 0 Å². The van der Waals surface area contributed by atoms with Gasteiger partial charge in [0.25, 0.3) is 0 Å². The molecule has 0 amide bonds. The second-order valence-corrected chi connectivity index (χ2v) is 4.53. The minimum absolute atomic E-state index is 0.198. The Bertz CT molecular complexity index is 408. The van der Waals surface area contributed by atoms with Crippen molar-refractivity contribution in [3.8, 4) is 11.8 Å². The number of nitrogens with one attached hydrogen (secondary N) is 1. The maximum absolute atomic E-state index is 9.15.